The van der Waals surface area contributed by atoms with E-state index in [4.69, 9.17) is 4.74 Å². The van der Waals surface area contributed by atoms with E-state index in [-0.39, 0.29) is 17.8 Å². The van der Waals surface area contributed by atoms with Crippen molar-refractivity contribution < 1.29 is 14.3 Å². The SMILES string of the molecule is C[C@H]1CC(=O)N(Cc2ccccc2)N[C@@]1(C)C(=O)OC(C)(C)C. The van der Waals surface area contributed by atoms with Gasteiger partial charge >= 0.3 is 5.97 Å². The summed E-state index contributed by atoms with van der Waals surface area (Å²) in [6.45, 7) is 9.65. The van der Waals surface area contributed by atoms with Crippen LogP contribution in [0.2, 0.25) is 0 Å². The Morgan fingerprint density at radius 2 is 1.96 bits per heavy atom. The third-order valence-corrected chi connectivity index (χ3v) is 4.14. The van der Waals surface area contributed by atoms with E-state index >= 15 is 0 Å². The van der Waals surface area contributed by atoms with Crippen LogP contribution in [-0.2, 0) is 20.9 Å². The third-order valence-electron chi connectivity index (χ3n) is 4.14. The minimum absolute atomic E-state index is 0.0117. The molecule has 2 atom stereocenters. The molecule has 0 saturated carbocycles. The fourth-order valence-corrected chi connectivity index (χ4v) is 2.55. The minimum Gasteiger partial charge on any atom is -0.459 e. The van der Waals surface area contributed by atoms with Gasteiger partial charge in [0.15, 0.2) is 0 Å². The first-order valence-electron chi connectivity index (χ1n) is 7.97. The van der Waals surface area contributed by atoms with E-state index in [0.29, 0.717) is 13.0 Å². The number of nitrogens with one attached hydrogen (secondary N) is 1. The Morgan fingerprint density at radius 1 is 1.35 bits per heavy atom. The normalized spacial score (nSPS) is 25.3. The molecule has 1 aliphatic rings. The molecule has 0 aliphatic carbocycles. The smallest absolute Gasteiger partial charge is 0.328 e. The van der Waals surface area contributed by atoms with Crippen LogP contribution in [0.4, 0.5) is 0 Å². The molecule has 1 heterocycles. The van der Waals surface area contributed by atoms with Gasteiger partial charge in [0, 0.05) is 6.42 Å². The Hall–Kier alpha value is -1.88. The summed E-state index contributed by atoms with van der Waals surface area (Å²) in [7, 11) is 0. The molecule has 0 radical (unpaired) electrons. The Morgan fingerprint density at radius 3 is 2.52 bits per heavy atom. The van der Waals surface area contributed by atoms with Crippen LogP contribution in [0.5, 0.6) is 0 Å². The van der Waals surface area contributed by atoms with Gasteiger partial charge in [0.05, 0.1) is 6.54 Å². The number of carbonyl (C=O) groups excluding carboxylic acids is 2. The van der Waals surface area contributed by atoms with Gasteiger partial charge in [-0.25, -0.2) is 10.2 Å². The highest BCUT2D eigenvalue weighted by atomic mass is 16.6. The molecular weight excluding hydrogens is 292 g/mol. The molecule has 126 valence electrons. The number of esters is 1. The lowest BCUT2D eigenvalue weighted by Crippen LogP contribution is -2.67. The fraction of sp³-hybridized carbons (Fsp3) is 0.556. The number of hydrogen-bond acceptors (Lipinski definition) is 4. The van der Waals surface area contributed by atoms with Crippen molar-refractivity contribution in [3.8, 4) is 0 Å². The Bertz CT molecular complexity index is 580. The summed E-state index contributed by atoms with van der Waals surface area (Å²) in [5.74, 6) is -0.484. The Balaban J connectivity index is 2.17. The Labute approximate surface area is 138 Å². The van der Waals surface area contributed by atoms with Crippen molar-refractivity contribution >= 4 is 11.9 Å². The summed E-state index contributed by atoms with van der Waals surface area (Å²) < 4.78 is 5.54. The highest BCUT2D eigenvalue weighted by molar-refractivity contribution is 5.86. The highest BCUT2D eigenvalue weighted by Crippen LogP contribution is 2.29. The zero-order chi connectivity index (χ0) is 17.3. The summed E-state index contributed by atoms with van der Waals surface area (Å²) in [5, 5.41) is 1.53. The largest absolute Gasteiger partial charge is 0.459 e. The molecule has 2 rings (SSSR count). The number of benzene rings is 1. The van der Waals surface area contributed by atoms with E-state index in [2.05, 4.69) is 5.43 Å². The summed E-state index contributed by atoms with van der Waals surface area (Å²) in [5.41, 5.74) is 2.64. The quantitative estimate of drug-likeness (QED) is 0.871. The van der Waals surface area contributed by atoms with Crippen molar-refractivity contribution in [2.24, 2.45) is 5.92 Å². The van der Waals surface area contributed by atoms with Crippen LogP contribution >= 0.6 is 0 Å². The summed E-state index contributed by atoms with van der Waals surface area (Å²) in [4.78, 5) is 24.9. The first kappa shape index (κ1) is 17.5. The van der Waals surface area contributed by atoms with E-state index < -0.39 is 11.1 Å². The van der Waals surface area contributed by atoms with Gasteiger partial charge in [-0.1, -0.05) is 37.3 Å². The lowest BCUT2D eigenvalue weighted by atomic mass is 9.83. The van der Waals surface area contributed by atoms with Crippen molar-refractivity contribution in [1.29, 1.82) is 0 Å². The molecule has 5 heteroatoms. The third kappa shape index (κ3) is 4.10. The van der Waals surface area contributed by atoms with Crippen LogP contribution in [0.25, 0.3) is 0 Å². The maximum atomic E-state index is 12.6. The van der Waals surface area contributed by atoms with Crippen molar-refractivity contribution in [3.05, 3.63) is 35.9 Å². The van der Waals surface area contributed by atoms with Crippen LogP contribution in [0.3, 0.4) is 0 Å². The van der Waals surface area contributed by atoms with Gasteiger partial charge in [-0.2, -0.15) is 0 Å². The molecular formula is C18H26N2O3. The van der Waals surface area contributed by atoms with Crippen LogP contribution in [0.15, 0.2) is 30.3 Å². The van der Waals surface area contributed by atoms with E-state index in [1.807, 2.05) is 58.0 Å². The molecule has 0 bridgehead atoms. The molecule has 0 aromatic heterocycles. The molecule has 1 amide bonds. The molecule has 23 heavy (non-hydrogen) atoms. The van der Waals surface area contributed by atoms with E-state index in [1.165, 1.54) is 5.01 Å². The van der Waals surface area contributed by atoms with Crippen molar-refractivity contribution in [1.82, 2.24) is 10.4 Å². The number of rotatable bonds is 3. The fourth-order valence-electron chi connectivity index (χ4n) is 2.55. The first-order valence-corrected chi connectivity index (χ1v) is 7.97. The van der Waals surface area contributed by atoms with Gasteiger partial charge < -0.3 is 4.74 Å². The molecule has 0 unspecified atom stereocenters. The molecule has 5 nitrogen and oxygen atoms in total. The maximum Gasteiger partial charge on any atom is 0.328 e. The molecule has 1 aromatic rings. The standard InChI is InChI=1S/C18H26N2O3/c1-13-11-15(21)20(12-14-9-7-6-8-10-14)19-18(13,5)16(22)23-17(2,3)4/h6-10,13,19H,11-12H2,1-5H3/t13-,18+/m0/s1. The lowest BCUT2D eigenvalue weighted by Gasteiger charge is -2.44. The number of hydrogen-bond donors (Lipinski definition) is 1. The number of ether oxygens (including phenoxy) is 1. The predicted octanol–water partition coefficient (Wildman–Crippen LogP) is 2.66. The molecule has 1 aliphatic heterocycles. The predicted molar refractivity (Wildman–Crippen MR) is 88.2 cm³/mol. The summed E-state index contributed by atoms with van der Waals surface area (Å²) >= 11 is 0. The number of amides is 1. The monoisotopic (exact) mass is 318 g/mol. The zero-order valence-corrected chi connectivity index (χ0v) is 14.6. The van der Waals surface area contributed by atoms with E-state index in [9.17, 15) is 9.59 Å². The van der Waals surface area contributed by atoms with Crippen molar-refractivity contribution in [3.63, 3.8) is 0 Å². The topological polar surface area (TPSA) is 58.6 Å². The molecule has 1 saturated heterocycles. The van der Waals surface area contributed by atoms with Gasteiger partial charge in [-0.3, -0.25) is 9.80 Å². The first-order chi connectivity index (χ1) is 10.6. The summed E-state index contributed by atoms with van der Waals surface area (Å²) in [6, 6.07) is 9.70. The Kier molecular flexibility index (Phi) is 4.80. The van der Waals surface area contributed by atoms with Crippen molar-refractivity contribution in [2.45, 2.75) is 58.7 Å². The van der Waals surface area contributed by atoms with Gasteiger partial charge in [0.1, 0.15) is 11.1 Å². The average Bonchev–Trinajstić information content (AvgIpc) is 2.44. The number of hydrazine groups is 1. The van der Waals surface area contributed by atoms with E-state index in [1.54, 1.807) is 6.92 Å². The molecule has 1 aromatic carbocycles. The zero-order valence-electron chi connectivity index (χ0n) is 14.6. The average molecular weight is 318 g/mol. The summed E-state index contributed by atoms with van der Waals surface area (Å²) in [6.07, 6.45) is 0.315. The van der Waals surface area contributed by atoms with Gasteiger partial charge in [-0.15, -0.1) is 0 Å². The van der Waals surface area contributed by atoms with Gasteiger partial charge in [-0.05, 0) is 39.2 Å². The minimum atomic E-state index is -0.921. The van der Waals surface area contributed by atoms with E-state index in [0.717, 1.165) is 5.56 Å². The second-order valence-corrected chi connectivity index (χ2v) is 7.39. The molecule has 1 N–H and O–H groups in total. The van der Waals surface area contributed by atoms with Crippen LogP contribution in [-0.4, -0.2) is 28.0 Å². The number of nitrogens with zero attached hydrogens (tertiary/aromatic N) is 1. The van der Waals surface area contributed by atoms with Crippen LogP contribution in [0.1, 0.15) is 46.6 Å². The van der Waals surface area contributed by atoms with Gasteiger partial charge in [0.25, 0.3) is 0 Å². The number of carbonyl (C=O) groups is 2. The molecule has 0 spiro atoms. The second kappa shape index (κ2) is 6.32. The molecule has 1 fully saturated rings. The van der Waals surface area contributed by atoms with Crippen LogP contribution < -0.4 is 5.43 Å². The lowest BCUT2D eigenvalue weighted by molar-refractivity contribution is -0.174. The van der Waals surface area contributed by atoms with Gasteiger partial charge in [0.2, 0.25) is 5.91 Å². The maximum absolute atomic E-state index is 12.6. The van der Waals surface area contributed by atoms with Crippen LogP contribution in [0, 0.1) is 5.92 Å². The highest BCUT2D eigenvalue weighted by Gasteiger charge is 2.48. The van der Waals surface area contributed by atoms with Crippen molar-refractivity contribution in [2.75, 3.05) is 0 Å². The second-order valence-electron chi connectivity index (χ2n) is 7.39.